The number of amides is 1. The van der Waals surface area contributed by atoms with Crippen LogP contribution in [0.15, 0.2) is 18.2 Å². The molecule has 2 N–H and O–H groups in total. The van der Waals surface area contributed by atoms with Gasteiger partial charge in [-0.25, -0.2) is 0 Å². The second-order valence-corrected chi connectivity index (χ2v) is 7.36. The van der Waals surface area contributed by atoms with Crippen LogP contribution in [0.2, 0.25) is 0 Å². The van der Waals surface area contributed by atoms with Crippen molar-refractivity contribution in [1.82, 2.24) is 10.2 Å². The molecule has 1 amide bonds. The monoisotopic (exact) mass is 350 g/mol. The molecule has 24 heavy (non-hydrogen) atoms. The minimum atomic E-state index is -0.499. The van der Waals surface area contributed by atoms with Crippen LogP contribution in [0.3, 0.4) is 0 Å². The Morgan fingerprint density at radius 3 is 2.67 bits per heavy atom. The number of aliphatic hydroxyl groups excluding tert-OH is 1. The second-order valence-electron chi connectivity index (χ2n) is 7.36. The van der Waals surface area contributed by atoms with Crippen molar-refractivity contribution >= 4 is 18.3 Å². The van der Waals surface area contributed by atoms with Crippen molar-refractivity contribution in [3.8, 4) is 0 Å². The van der Waals surface area contributed by atoms with Gasteiger partial charge in [0.05, 0.1) is 6.10 Å². The number of carbonyl (C=O) groups excluding carboxylic acids is 1. The molecule has 132 valence electrons. The molecular weight excluding hydrogens is 324 g/mol. The van der Waals surface area contributed by atoms with E-state index >= 15 is 0 Å². The molecule has 0 spiro atoms. The van der Waals surface area contributed by atoms with Crippen LogP contribution in [0.5, 0.6) is 0 Å². The van der Waals surface area contributed by atoms with E-state index in [1.165, 1.54) is 25.9 Å². The van der Waals surface area contributed by atoms with E-state index in [-0.39, 0.29) is 24.4 Å². The standard InChI is InChI=1S/C19H26N2O2.ClH/c22-17-7-2-1-4-14-5-3-6-15(18(14)17)19(23)20-16-12-21-10-8-13(16)9-11-21;/h3,5-6,13,16-17,22H,1-2,4,7-12H2,(H,20,23);1H. The van der Waals surface area contributed by atoms with E-state index in [0.717, 1.165) is 43.4 Å². The molecule has 5 rings (SSSR count). The number of aliphatic hydroxyl groups is 1. The Balaban J connectivity index is 0.00000169. The van der Waals surface area contributed by atoms with E-state index in [1.54, 1.807) is 0 Å². The van der Waals surface area contributed by atoms with Gasteiger partial charge in [-0.15, -0.1) is 12.4 Å². The van der Waals surface area contributed by atoms with Crippen molar-refractivity contribution in [2.45, 2.75) is 50.7 Å². The molecule has 1 aliphatic carbocycles. The lowest BCUT2D eigenvalue weighted by atomic mass is 9.83. The van der Waals surface area contributed by atoms with E-state index in [4.69, 9.17) is 0 Å². The fraction of sp³-hybridized carbons (Fsp3) is 0.632. The predicted molar refractivity (Wildman–Crippen MR) is 96.6 cm³/mol. The van der Waals surface area contributed by atoms with E-state index < -0.39 is 6.10 Å². The average Bonchev–Trinajstić information content (AvgIpc) is 2.77. The molecule has 2 atom stereocenters. The molecule has 0 saturated carbocycles. The second kappa shape index (κ2) is 7.42. The summed E-state index contributed by atoms with van der Waals surface area (Å²) in [6.45, 7) is 3.33. The third-order valence-electron chi connectivity index (χ3n) is 5.92. The Labute approximate surface area is 150 Å². The summed E-state index contributed by atoms with van der Waals surface area (Å²) in [5, 5.41) is 13.8. The maximum Gasteiger partial charge on any atom is 0.251 e. The molecule has 3 heterocycles. The first kappa shape index (κ1) is 17.7. The third kappa shape index (κ3) is 3.32. The topological polar surface area (TPSA) is 52.6 Å². The fourth-order valence-corrected chi connectivity index (χ4v) is 4.59. The molecule has 2 unspecified atom stereocenters. The number of piperidine rings is 3. The number of benzene rings is 1. The number of nitrogens with zero attached hydrogens (tertiary/aromatic N) is 1. The average molecular weight is 351 g/mol. The molecular formula is C19H27ClN2O2. The number of carbonyl (C=O) groups is 1. The highest BCUT2D eigenvalue weighted by Crippen LogP contribution is 2.32. The Hall–Kier alpha value is -1.10. The maximum absolute atomic E-state index is 12.9. The number of aryl methyl sites for hydroxylation is 1. The van der Waals surface area contributed by atoms with Crippen LogP contribution in [0.1, 0.15) is 59.7 Å². The molecule has 0 radical (unpaired) electrons. The van der Waals surface area contributed by atoms with E-state index in [1.807, 2.05) is 12.1 Å². The molecule has 2 bridgehead atoms. The summed E-state index contributed by atoms with van der Waals surface area (Å²) < 4.78 is 0. The van der Waals surface area contributed by atoms with Crippen LogP contribution in [0, 0.1) is 5.92 Å². The van der Waals surface area contributed by atoms with Crippen LogP contribution in [-0.4, -0.2) is 41.6 Å². The largest absolute Gasteiger partial charge is 0.388 e. The fourth-order valence-electron chi connectivity index (χ4n) is 4.59. The maximum atomic E-state index is 12.9. The van der Waals surface area contributed by atoms with Crippen molar-refractivity contribution in [1.29, 1.82) is 0 Å². The molecule has 3 saturated heterocycles. The highest BCUT2D eigenvalue weighted by Gasteiger charge is 2.35. The van der Waals surface area contributed by atoms with Crippen LogP contribution in [0.4, 0.5) is 0 Å². The number of fused-ring (bicyclic) bond motifs is 4. The summed E-state index contributed by atoms with van der Waals surface area (Å²) in [7, 11) is 0. The van der Waals surface area contributed by atoms with Crippen molar-refractivity contribution in [3.63, 3.8) is 0 Å². The van der Waals surface area contributed by atoms with Crippen LogP contribution in [0.25, 0.3) is 0 Å². The van der Waals surface area contributed by atoms with E-state index in [2.05, 4.69) is 16.3 Å². The number of rotatable bonds is 2. The van der Waals surface area contributed by atoms with Gasteiger partial charge in [0.15, 0.2) is 0 Å². The molecule has 4 aliphatic rings. The van der Waals surface area contributed by atoms with E-state index in [0.29, 0.717) is 11.5 Å². The summed E-state index contributed by atoms with van der Waals surface area (Å²) in [6.07, 6.45) is 5.73. The lowest BCUT2D eigenvalue weighted by Gasteiger charge is -2.45. The Bertz CT molecular complexity index is 599. The first-order valence-electron chi connectivity index (χ1n) is 9.05. The number of nitrogens with one attached hydrogen (secondary N) is 1. The zero-order valence-electron chi connectivity index (χ0n) is 14.0. The predicted octanol–water partition coefficient (Wildman–Crippen LogP) is 2.69. The van der Waals surface area contributed by atoms with Crippen molar-refractivity contribution in [3.05, 3.63) is 34.9 Å². The van der Waals surface area contributed by atoms with Crippen LogP contribution >= 0.6 is 12.4 Å². The number of halogens is 1. The van der Waals surface area contributed by atoms with Crippen molar-refractivity contribution < 1.29 is 9.90 Å². The van der Waals surface area contributed by atoms with Gasteiger partial charge in [0.25, 0.3) is 5.91 Å². The molecule has 0 aromatic heterocycles. The molecule has 4 nitrogen and oxygen atoms in total. The SMILES string of the molecule is Cl.O=C(NC1CN2CCC1CC2)c1cccc2c1C(O)CCCC2. The molecule has 3 aliphatic heterocycles. The Kier molecular flexibility index (Phi) is 5.48. The van der Waals surface area contributed by atoms with E-state index in [9.17, 15) is 9.90 Å². The third-order valence-corrected chi connectivity index (χ3v) is 5.92. The Morgan fingerprint density at radius 1 is 1.17 bits per heavy atom. The quantitative estimate of drug-likeness (QED) is 0.806. The summed E-state index contributed by atoms with van der Waals surface area (Å²) in [4.78, 5) is 15.3. The van der Waals surface area contributed by atoms with Gasteiger partial charge in [-0.2, -0.15) is 0 Å². The lowest BCUT2D eigenvalue weighted by molar-refractivity contribution is 0.0617. The van der Waals surface area contributed by atoms with Crippen LogP contribution in [-0.2, 0) is 6.42 Å². The normalized spacial score (nSPS) is 31.5. The van der Waals surface area contributed by atoms with Gasteiger partial charge in [0, 0.05) is 18.2 Å². The van der Waals surface area contributed by atoms with Gasteiger partial charge in [-0.05, 0) is 68.3 Å². The smallest absolute Gasteiger partial charge is 0.251 e. The van der Waals surface area contributed by atoms with Crippen molar-refractivity contribution in [2.75, 3.05) is 19.6 Å². The van der Waals surface area contributed by atoms with Gasteiger partial charge in [0.1, 0.15) is 0 Å². The number of hydrogen-bond donors (Lipinski definition) is 2. The summed E-state index contributed by atoms with van der Waals surface area (Å²) in [6, 6.07) is 6.17. The minimum Gasteiger partial charge on any atom is -0.388 e. The van der Waals surface area contributed by atoms with Crippen LogP contribution < -0.4 is 5.32 Å². The van der Waals surface area contributed by atoms with Gasteiger partial charge in [-0.1, -0.05) is 18.6 Å². The molecule has 1 aromatic rings. The zero-order valence-corrected chi connectivity index (χ0v) is 14.9. The van der Waals surface area contributed by atoms with Gasteiger partial charge in [0.2, 0.25) is 0 Å². The molecule has 5 heteroatoms. The minimum absolute atomic E-state index is 0. The zero-order chi connectivity index (χ0) is 15.8. The number of hydrogen-bond acceptors (Lipinski definition) is 3. The summed E-state index contributed by atoms with van der Waals surface area (Å²) in [5.41, 5.74) is 2.72. The molecule has 1 aromatic carbocycles. The molecule has 3 fully saturated rings. The first-order chi connectivity index (χ1) is 11.2. The first-order valence-corrected chi connectivity index (χ1v) is 9.05. The highest BCUT2D eigenvalue weighted by molar-refractivity contribution is 5.96. The lowest BCUT2D eigenvalue weighted by Crippen LogP contribution is -2.57. The van der Waals surface area contributed by atoms with Crippen molar-refractivity contribution in [2.24, 2.45) is 5.92 Å². The van der Waals surface area contributed by atoms with Gasteiger partial charge >= 0.3 is 0 Å². The summed E-state index contributed by atoms with van der Waals surface area (Å²) >= 11 is 0. The van der Waals surface area contributed by atoms with Gasteiger partial charge < -0.3 is 15.3 Å². The Morgan fingerprint density at radius 2 is 1.96 bits per heavy atom. The van der Waals surface area contributed by atoms with Gasteiger partial charge in [-0.3, -0.25) is 4.79 Å². The highest BCUT2D eigenvalue weighted by atomic mass is 35.5. The summed E-state index contributed by atoms with van der Waals surface area (Å²) in [5.74, 6) is 0.623.